The molecule has 1 aliphatic carbocycles. The third kappa shape index (κ3) is 4.07. The molecule has 0 spiro atoms. The average Bonchev–Trinajstić information content (AvgIpc) is 2.74. The Kier molecular flexibility index (Phi) is 5.67. The first-order chi connectivity index (χ1) is 13.6. The number of nitrogens with zero attached hydrogens (tertiary/aromatic N) is 2. The van der Waals surface area contributed by atoms with Crippen molar-refractivity contribution >= 4 is 29.2 Å². The predicted octanol–water partition coefficient (Wildman–Crippen LogP) is 5.00. The van der Waals surface area contributed by atoms with E-state index in [1.807, 2.05) is 36.2 Å². The van der Waals surface area contributed by atoms with Crippen LogP contribution in [0, 0.1) is 0 Å². The number of rotatable bonds is 4. The Labute approximate surface area is 171 Å². The van der Waals surface area contributed by atoms with Crippen molar-refractivity contribution in [1.29, 1.82) is 0 Å². The average molecular weight is 397 g/mol. The quantitative estimate of drug-likeness (QED) is 0.730. The van der Waals surface area contributed by atoms with Gasteiger partial charge in [0.15, 0.2) is 0 Å². The van der Waals surface area contributed by atoms with E-state index in [1.165, 1.54) is 11.1 Å². The molecule has 1 aliphatic heterocycles. The fraction of sp³-hybridized carbons (Fsp3) is 0.391. The Hall–Kier alpha value is -2.33. The van der Waals surface area contributed by atoms with Crippen LogP contribution in [0.5, 0.6) is 5.75 Å². The van der Waals surface area contributed by atoms with E-state index in [1.54, 1.807) is 0 Å². The number of aromatic nitrogens is 1. The highest BCUT2D eigenvalue weighted by atomic mass is 35.5. The minimum absolute atomic E-state index is 0.106. The number of carbonyl (C=O) groups is 1. The number of halogens is 1. The molecular formula is C23H25ClN2O2. The van der Waals surface area contributed by atoms with Crippen molar-refractivity contribution in [2.45, 2.75) is 45.1 Å². The molecule has 1 aromatic heterocycles. The van der Waals surface area contributed by atoms with E-state index in [4.69, 9.17) is 16.3 Å². The molecule has 2 aliphatic rings. The van der Waals surface area contributed by atoms with Gasteiger partial charge in [0, 0.05) is 38.5 Å². The second-order valence-corrected chi connectivity index (χ2v) is 7.82. The normalized spacial score (nSPS) is 17.1. The zero-order valence-corrected chi connectivity index (χ0v) is 16.9. The zero-order valence-electron chi connectivity index (χ0n) is 16.2. The van der Waals surface area contributed by atoms with Crippen LogP contribution in [0.15, 0.2) is 36.5 Å². The zero-order chi connectivity index (χ0) is 19.5. The number of ether oxygens (including phenoxy) is 1. The molecule has 1 saturated heterocycles. The molecular weight excluding hydrogens is 372 g/mol. The monoisotopic (exact) mass is 396 g/mol. The lowest BCUT2D eigenvalue weighted by molar-refractivity contribution is -0.132. The van der Waals surface area contributed by atoms with Gasteiger partial charge in [0.05, 0.1) is 10.7 Å². The largest absolute Gasteiger partial charge is 0.489 e. The second-order valence-electron chi connectivity index (χ2n) is 7.41. The number of piperidine rings is 1. The Bertz CT molecular complexity index is 901. The molecule has 5 heteroatoms. The van der Waals surface area contributed by atoms with E-state index in [0.717, 1.165) is 55.8 Å². The van der Waals surface area contributed by atoms with Crippen LogP contribution in [0.25, 0.3) is 11.6 Å². The first-order valence-corrected chi connectivity index (χ1v) is 10.4. The van der Waals surface area contributed by atoms with Crippen LogP contribution in [0.1, 0.15) is 49.4 Å². The Balaban J connectivity index is 1.43. The highest BCUT2D eigenvalue weighted by molar-refractivity contribution is 6.32. The molecule has 1 fully saturated rings. The smallest absolute Gasteiger partial charge is 0.222 e. The Morgan fingerprint density at radius 3 is 2.82 bits per heavy atom. The molecule has 0 saturated carbocycles. The molecule has 1 amide bonds. The van der Waals surface area contributed by atoms with Gasteiger partial charge >= 0.3 is 0 Å². The van der Waals surface area contributed by atoms with Crippen LogP contribution >= 0.6 is 11.6 Å². The molecule has 0 atom stereocenters. The maximum absolute atomic E-state index is 11.8. The Morgan fingerprint density at radius 2 is 2.07 bits per heavy atom. The van der Waals surface area contributed by atoms with Crippen LogP contribution in [0.3, 0.4) is 0 Å². The summed E-state index contributed by atoms with van der Waals surface area (Å²) in [6.45, 7) is 3.42. The maximum atomic E-state index is 11.8. The molecule has 146 valence electrons. The third-order valence-electron chi connectivity index (χ3n) is 5.59. The molecule has 0 radical (unpaired) electrons. The molecule has 4 rings (SSSR count). The standard InChI is InChI=1S/C23H25ClN2O2/c1-2-23(27)26-12-9-19(10-13-26)28-22-8-7-17(14-20(22)24)18-6-5-16-4-3-11-25-21(16)15-18/h3-4,7-8,11,14-15,19H,2,5-6,9-10,12-13H2,1H3. The highest BCUT2D eigenvalue weighted by Crippen LogP contribution is 2.34. The summed E-state index contributed by atoms with van der Waals surface area (Å²) in [6, 6.07) is 10.2. The second kappa shape index (κ2) is 8.36. The summed E-state index contributed by atoms with van der Waals surface area (Å²) >= 11 is 6.54. The number of carbonyl (C=O) groups excluding carboxylic acids is 1. The summed E-state index contributed by atoms with van der Waals surface area (Å²) in [6.07, 6.45) is 8.34. The fourth-order valence-corrected chi connectivity index (χ4v) is 4.17. The first kappa shape index (κ1) is 19.0. The topological polar surface area (TPSA) is 42.4 Å². The van der Waals surface area contributed by atoms with Crippen LogP contribution in [-0.4, -0.2) is 35.0 Å². The minimum Gasteiger partial charge on any atom is -0.489 e. The fourth-order valence-electron chi connectivity index (χ4n) is 3.95. The molecule has 28 heavy (non-hydrogen) atoms. The lowest BCUT2D eigenvalue weighted by atomic mass is 9.91. The number of likely N-dealkylation sites (tertiary alicyclic amines) is 1. The molecule has 1 aromatic carbocycles. The molecule has 0 unspecified atom stereocenters. The lowest BCUT2D eigenvalue weighted by Gasteiger charge is -2.32. The van der Waals surface area contributed by atoms with Gasteiger partial charge in [-0.15, -0.1) is 0 Å². The third-order valence-corrected chi connectivity index (χ3v) is 5.89. The van der Waals surface area contributed by atoms with Gasteiger partial charge in [-0.3, -0.25) is 9.78 Å². The van der Waals surface area contributed by atoms with Gasteiger partial charge in [0.1, 0.15) is 11.9 Å². The van der Waals surface area contributed by atoms with E-state index in [0.29, 0.717) is 11.4 Å². The van der Waals surface area contributed by atoms with Crippen LogP contribution in [0.2, 0.25) is 5.02 Å². The van der Waals surface area contributed by atoms with Crippen molar-refractivity contribution in [2.75, 3.05) is 13.1 Å². The van der Waals surface area contributed by atoms with Crippen molar-refractivity contribution in [1.82, 2.24) is 9.88 Å². The summed E-state index contributed by atoms with van der Waals surface area (Å²) in [4.78, 5) is 18.2. The molecule has 2 aromatic rings. The Morgan fingerprint density at radius 1 is 1.25 bits per heavy atom. The predicted molar refractivity (Wildman–Crippen MR) is 112 cm³/mol. The van der Waals surface area contributed by atoms with E-state index >= 15 is 0 Å². The lowest BCUT2D eigenvalue weighted by Crippen LogP contribution is -2.41. The molecule has 2 heterocycles. The van der Waals surface area contributed by atoms with Gasteiger partial charge < -0.3 is 9.64 Å². The summed E-state index contributed by atoms with van der Waals surface area (Å²) in [7, 11) is 0. The van der Waals surface area contributed by atoms with E-state index in [-0.39, 0.29) is 12.0 Å². The number of pyridine rings is 1. The summed E-state index contributed by atoms with van der Waals surface area (Å²) < 4.78 is 6.14. The van der Waals surface area contributed by atoms with Crippen molar-refractivity contribution in [3.05, 3.63) is 58.4 Å². The van der Waals surface area contributed by atoms with Gasteiger partial charge in [-0.1, -0.05) is 30.7 Å². The van der Waals surface area contributed by atoms with Crippen LogP contribution < -0.4 is 4.74 Å². The minimum atomic E-state index is 0.106. The van der Waals surface area contributed by atoms with Crippen molar-refractivity contribution in [3.8, 4) is 5.75 Å². The first-order valence-electron chi connectivity index (χ1n) is 10.0. The maximum Gasteiger partial charge on any atom is 0.222 e. The summed E-state index contributed by atoms with van der Waals surface area (Å²) in [5, 5.41) is 0.636. The van der Waals surface area contributed by atoms with Crippen molar-refractivity contribution in [3.63, 3.8) is 0 Å². The summed E-state index contributed by atoms with van der Waals surface area (Å²) in [5.41, 5.74) is 4.72. The van der Waals surface area contributed by atoms with E-state index in [9.17, 15) is 4.79 Å². The highest BCUT2D eigenvalue weighted by Gasteiger charge is 2.23. The number of hydrogen-bond acceptors (Lipinski definition) is 3. The summed E-state index contributed by atoms with van der Waals surface area (Å²) in [5.74, 6) is 0.943. The molecule has 0 N–H and O–H groups in total. The van der Waals surface area contributed by atoms with Crippen molar-refractivity contribution < 1.29 is 9.53 Å². The van der Waals surface area contributed by atoms with E-state index < -0.39 is 0 Å². The van der Waals surface area contributed by atoms with Crippen molar-refractivity contribution in [2.24, 2.45) is 0 Å². The number of amides is 1. The molecule has 0 bridgehead atoms. The van der Waals surface area contributed by atoms with Crippen LogP contribution in [-0.2, 0) is 11.2 Å². The number of aryl methyl sites for hydroxylation is 1. The molecule has 4 nitrogen and oxygen atoms in total. The van der Waals surface area contributed by atoms with Gasteiger partial charge in [-0.05, 0) is 53.8 Å². The SMILES string of the molecule is CCC(=O)N1CCC(Oc2ccc(C3=Cc4ncccc4CC3)cc2Cl)CC1. The number of allylic oxidation sites excluding steroid dienone is 1. The van der Waals surface area contributed by atoms with E-state index in [2.05, 4.69) is 23.2 Å². The van der Waals surface area contributed by atoms with Gasteiger partial charge in [-0.2, -0.15) is 0 Å². The van der Waals surface area contributed by atoms with Gasteiger partial charge in [0.25, 0.3) is 0 Å². The number of hydrogen-bond donors (Lipinski definition) is 0. The van der Waals surface area contributed by atoms with Gasteiger partial charge in [-0.25, -0.2) is 0 Å². The van der Waals surface area contributed by atoms with Crippen LogP contribution in [0.4, 0.5) is 0 Å². The number of benzene rings is 1. The number of fused-ring (bicyclic) bond motifs is 1. The van der Waals surface area contributed by atoms with Gasteiger partial charge in [0.2, 0.25) is 5.91 Å².